The Labute approximate surface area is 251 Å². The fraction of sp³-hybridized carbons (Fsp3) is 0.533. The van der Waals surface area contributed by atoms with Crippen LogP contribution in [0.1, 0.15) is 48.4 Å². The van der Waals surface area contributed by atoms with Gasteiger partial charge in [-0.05, 0) is 56.2 Å². The molecule has 43 heavy (non-hydrogen) atoms. The standard InChI is InChI=1S/C30H34F3N5O4S/c1-3-42-29(41)23-21(35-26(27-34-8-10-43-27)36-24(23)19-5-4-6-20(31)16(19)2)14-38-15-30(32,33)25-22(38)7-9-37(25)13-17-11-18(12-17)28(39)40/h4-6,8,10,17-18,22,24-25H,3,7,9,11-15H2,1-2H3,(H,35,36)(H,39,40)/t17-,18+,22-,24-,25+/m0/s1. The number of benzene rings is 1. The Hall–Kier alpha value is -3.29. The molecule has 0 radical (unpaired) electrons. The molecule has 4 aliphatic rings. The molecule has 1 aromatic heterocycles. The van der Waals surface area contributed by atoms with E-state index in [1.807, 2.05) is 4.90 Å². The fourth-order valence-corrected chi connectivity index (χ4v) is 7.60. The van der Waals surface area contributed by atoms with Crippen molar-refractivity contribution >= 4 is 29.1 Å². The van der Waals surface area contributed by atoms with Gasteiger partial charge in [-0.15, -0.1) is 11.3 Å². The highest BCUT2D eigenvalue weighted by Crippen LogP contribution is 2.45. The maximum absolute atomic E-state index is 15.7. The fourth-order valence-electron chi connectivity index (χ4n) is 7.01. The number of ether oxygens (including phenoxy) is 1. The monoisotopic (exact) mass is 617 g/mol. The van der Waals surface area contributed by atoms with E-state index in [1.165, 1.54) is 17.4 Å². The van der Waals surface area contributed by atoms with E-state index in [4.69, 9.17) is 9.73 Å². The highest BCUT2D eigenvalue weighted by Gasteiger charge is 2.60. The normalized spacial score (nSPS) is 28.7. The number of hydrogen-bond donors (Lipinski definition) is 2. The van der Waals surface area contributed by atoms with Crippen molar-refractivity contribution in [3.8, 4) is 0 Å². The lowest BCUT2D eigenvalue weighted by Gasteiger charge is -2.38. The van der Waals surface area contributed by atoms with Crippen molar-refractivity contribution in [1.29, 1.82) is 0 Å². The van der Waals surface area contributed by atoms with Gasteiger partial charge in [0.25, 0.3) is 5.92 Å². The van der Waals surface area contributed by atoms with E-state index >= 15 is 8.78 Å². The van der Waals surface area contributed by atoms with Crippen LogP contribution < -0.4 is 5.32 Å². The summed E-state index contributed by atoms with van der Waals surface area (Å²) in [6, 6.07) is 2.21. The van der Waals surface area contributed by atoms with Gasteiger partial charge in [-0.3, -0.25) is 19.6 Å². The SMILES string of the molecule is CCOC(=O)C1=C(CN2CC(F)(F)[C@H]3[C@@H]2CCN3C[C@H]2C[C@@H](C(=O)O)C2)NC(c2nccs2)=N[C@H]1c1cccc(F)c1C. The lowest BCUT2D eigenvalue weighted by Crippen LogP contribution is -2.49. The van der Waals surface area contributed by atoms with Gasteiger partial charge >= 0.3 is 11.9 Å². The summed E-state index contributed by atoms with van der Waals surface area (Å²) in [5, 5.41) is 14.8. The van der Waals surface area contributed by atoms with E-state index < -0.39 is 54.3 Å². The average Bonchev–Trinajstić information content (AvgIpc) is 3.66. The van der Waals surface area contributed by atoms with E-state index in [9.17, 15) is 19.1 Å². The smallest absolute Gasteiger partial charge is 0.338 e. The molecular formula is C30H34F3N5O4S. The first-order valence-corrected chi connectivity index (χ1v) is 15.4. The Morgan fingerprint density at radius 1 is 1.26 bits per heavy atom. The number of nitrogens with one attached hydrogen (secondary N) is 1. The van der Waals surface area contributed by atoms with Crippen LogP contribution in [-0.2, 0) is 14.3 Å². The minimum absolute atomic E-state index is 0.0124. The van der Waals surface area contributed by atoms with Gasteiger partial charge in [0.1, 0.15) is 11.9 Å². The number of amidine groups is 1. The van der Waals surface area contributed by atoms with Crippen molar-refractivity contribution in [1.82, 2.24) is 20.1 Å². The van der Waals surface area contributed by atoms with Crippen molar-refractivity contribution in [3.05, 3.63) is 63.0 Å². The minimum Gasteiger partial charge on any atom is -0.481 e. The molecule has 13 heteroatoms. The van der Waals surface area contributed by atoms with Gasteiger partial charge in [-0.1, -0.05) is 12.1 Å². The molecule has 0 unspecified atom stereocenters. The molecule has 0 spiro atoms. The van der Waals surface area contributed by atoms with Crippen LogP contribution in [-0.4, -0.2) is 88.5 Å². The zero-order chi connectivity index (χ0) is 30.5. The Morgan fingerprint density at radius 2 is 2.05 bits per heavy atom. The summed E-state index contributed by atoms with van der Waals surface area (Å²) in [6.45, 7) is 3.86. The number of nitrogens with zero attached hydrogens (tertiary/aromatic N) is 4. The number of alkyl halides is 2. The molecule has 0 bridgehead atoms. The predicted octanol–water partition coefficient (Wildman–Crippen LogP) is 4.00. The predicted molar refractivity (Wildman–Crippen MR) is 153 cm³/mol. The third-order valence-electron chi connectivity index (χ3n) is 9.08. The maximum Gasteiger partial charge on any atom is 0.338 e. The molecule has 4 heterocycles. The van der Waals surface area contributed by atoms with Crippen LogP contribution in [0, 0.1) is 24.6 Å². The third kappa shape index (κ3) is 5.58. The molecule has 3 atom stereocenters. The number of aliphatic imine (C=N–C) groups is 1. The van der Waals surface area contributed by atoms with Crippen LogP contribution in [0.25, 0.3) is 0 Å². The topological polar surface area (TPSA) is 107 Å². The largest absolute Gasteiger partial charge is 0.481 e. The molecule has 0 amide bonds. The van der Waals surface area contributed by atoms with Crippen LogP contribution in [0.15, 0.2) is 46.0 Å². The molecule has 1 aliphatic carbocycles. The maximum atomic E-state index is 15.7. The van der Waals surface area contributed by atoms with Crippen LogP contribution >= 0.6 is 11.3 Å². The molecular weight excluding hydrogens is 583 g/mol. The highest BCUT2D eigenvalue weighted by molar-refractivity contribution is 7.11. The molecule has 2 N–H and O–H groups in total. The van der Waals surface area contributed by atoms with Crippen LogP contribution in [0.2, 0.25) is 0 Å². The number of carbonyl (C=O) groups excluding carboxylic acids is 1. The van der Waals surface area contributed by atoms with E-state index in [0.717, 1.165) is 0 Å². The Balaban J connectivity index is 1.32. The number of hydrogen-bond acceptors (Lipinski definition) is 9. The summed E-state index contributed by atoms with van der Waals surface area (Å²) in [5.74, 6) is -4.84. The Bertz CT molecular complexity index is 1460. The number of thiazole rings is 1. The number of rotatable bonds is 9. The van der Waals surface area contributed by atoms with Gasteiger partial charge in [-0.25, -0.2) is 22.9 Å². The summed E-state index contributed by atoms with van der Waals surface area (Å²) in [5.41, 5.74) is 1.35. The van der Waals surface area contributed by atoms with E-state index in [-0.39, 0.29) is 24.6 Å². The molecule has 2 saturated heterocycles. The van der Waals surface area contributed by atoms with E-state index in [1.54, 1.807) is 42.5 Å². The van der Waals surface area contributed by atoms with E-state index in [2.05, 4.69) is 10.3 Å². The second kappa shape index (κ2) is 11.7. The number of halogens is 3. The zero-order valence-corrected chi connectivity index (χ0v) is 24.7. The number of carbonyl (C=O) groups is 2. The quantitative estimate of drug-likeness (QED) is 0.407. The summed E-state index contributed by atoms with van der Waals surface area (Å²) in [4.78, 5) is 37.4. The first kappa shape index (κ1) is 29.8. The number of carboxylic acids is 1. The molecule has 1 saturated carbocycles. The number of aliphatic carboxylic acids is 1. The van der Waals surface area contributed by atoms with Crippen molar-refractivity contribution < 1.29 is 32.6 Å². The molecule has 9 nitrogen and oxygen atoms in total. The van der Waals surface area contributed by atoms with Crippen LogP contribution in [0.3, 0.4) is 0 Å². The average molecular weight is 618 g/mol. The molecule has 6 rings (SSSR count). The number of carboxylic acid groups (broad SMARTS) is 1. The van der Waals surface area contributed by atoms with Gasteiger partial charge < -0.3 is 15.2 Å². The van der Waals surface area contributed by atoms with Crippen LogP contribution in [0.4, 0.5) is 13.2 Å². The number of aromatic nitrogens is 1. The lowest BCUT2D eigenvalue weighted by atomic mass is 9.74. The molecule has 1 aromatic carbocycles. The van der Waals surface area contributed by atoms with Crippen molar-refractivity contribution in [2.45, 2.75) is 57.2 Å². The molecule has 3 fully saturated rings. The zero-order valence-electron chi connectivity index (χ0n) is 23.9. The Kier molecular flexibility index (Phi) is 8.07. The summed E-state index contributed by atoms with van der Waals surface area (Å²) < 4.78 is 51.5. The van der Waals surface area contributed by atoms with Gasteiger partial charge in [0, 0.05) is 43.0 Å². The van der Waals surface area contributed by atoms with Gasteiger partial charge in [0.15, 0.2) is 10.8 Å². The first-order valence-electron chi connectivity index (χ1n) is 14.6. The lowest BCUT2D eigenvalue weighted by molar-refractivity contribution is -0.147. The molecule has 3 aliphatic heterocycles. The Morgan fingerprint density at radius 3 is 2.74 bits per heavy atom. The van der Waals surface area contributed by atoms with Crippen molar-refractivity contribution in [3.63, 3.8) is 0 Å². The van der Waals surface area contributed by atoms with Gasteiger partial charge in [-0.2, -0.15) is 0 Å². The summed E-state index contributed by atoms with van der Waals surface area (Å²) in [7, 11) is 0. The summed E-state index contributed by atoms with van der Waals surface area (Å²) >= 11 is 1.34. The van der Waals surface area contributed by atoms with Crippen molar-refractivity contribution in [2.75, 3.05) is 32.8 Å². The second-order valence-electron chi connectivity index (χ2n) is 11.7. The highest BCUT2D eigenvalue weighted by atomic mass is 32.1. The number of likely N-dealkylation sites (tertiary alicyclic amines) is 2. The number of esters is 1. The molecule has 230 valence electrons. The van der Waals surface area contributed by atoms with Crippen LogP contribution in [0.5, 0.6) is 0 Å². The van der Waals surface area contributed by atoms with Gasteiger partial charge in [0.05, 0.1) is 30.7 Å². The third-order valence-corrected chi connectivity index (χ3v) is 9.86. The minimum atomic E-state index is -3.00. The summed E-state index contributed by atoms with van der Waals surface area (Å²) in [6.07, 6.45) is 3.17. The van der Waals surface area contributed by atoms with Gasteiger partial charge in [0.2, 0.25) is 0 Å². The second-order valence-corrected chi connectivity index (χ2v) is 12.6. The van der Waals surface area contributed by atoms with Crippen molar-refractivity contribution in [2.24, 2.45) is 16.8 Å². The number of fused-ring (bicyclic) bond motifs is 1. The molecule has 2 aromatic rings. The van der Waals surface area contributed by atoms with E-state index in [0.29, 0.717) is 60.0 Å². The first-order chi connectivity index (χ1) is 20.6.